The monoisotopic (exact) mass is 330 g/mol. The van der Waals surface area contributed by atoms with Gasteiger partial charge in [0, 0.05) is 0 Å². The van der Waals surface area contributed by atoms with Crippen molar-refractivity contribution in [3.05, 3.63) is 46.2 Å². The smallest absolute Gasteiger partial charge is 0.142 e. The van der Waals surface area contributed by atoms with E-state index in [4.69, 9.17) is 23.2 Å². The molecule has 1 heterocycles. The van der Waals surface area contributed by atoms with E-state index >= 15 is 0 Å². The third-order valence-electron chi connectivity index (χ3n) is 2.55. The Bertz CT molecular complexity index is 580. The highest BCUT2D eigenvalue weighted by Crippen LogP contribution is 2.33. The van der Waals surface area contributed by atoms with E-state index in [1.165, 1.54) is 12.1 Å². The van der Waals surface area contributed by atoms with Gasteiger partial charge in [0.25, 0.3) is 0 Å². The molecule has 0 radical (unpaired) electrons. The molecule has 0 N–H and O–H groups in total. The number of halogens is 3. The second-order valence-electron chi connectivity index (χ2n) is 4.46. The molecule has 0 aliphatic rings. The summed E-state index contributed by atoms with van der Waals surface area (Å²) < 4.78 is 12.9. The zero-order chi connectivity index (χ0) is 14.7. The van der Waals surface area contributed by atoms with E-state index in [0.29, 0.717) is 28.0 Å². The number of nitrogens with zero attached hydrogens (tertiary/aromatic N) is 2. The lowest BCUT2D eigenvalue weighted by atomic mass is 10.1. The molecule has 0 spiro atoms. The number of thioether (sulfide) groups is 1. The molecule has 2 rings (SSSR count). The van der Waals surface area contributed by atoms with Crippen molar-refractivity contribution in [2.45, 2.75) is 24.9 Å². The van der Waals surface area contributed by atoms with Crippen molar-refractivity contribution in [1.82, 2.24) is 9.97 Å². The van der Waals surface area contributed by atoms with Crippen molar-refractivity contribution in [2.75, 3.05) is 0 Å². The third-order valence-corrected chi connectivity index (χ3v) is 4.18. The van der Waals surface area contributed by atoms with E-state index in [0.717, 1.165) is 0 Å². The van der Waals surface area contributed by atoms with Crippen LogP contribution in [0.1, 0.15) is 19.7 Å². The second-order valence-corrected chi connectivity index (χ2v) is 6.74. The molecule has 20 heavy (non-hydrogen) atoms. The molecule has 0 aliphatic carbocycles. The molecule has 1 aromatic carbocycles. The molecule has 2 nitrogen and oxygen atoms in total. The summed E-state index contributed by atoms with van der Waals surface area (Å²) in [6.07, 6.45) is 0. The lowest BCUT2D eigenvalue weighted by Gasteiger charge is -2.09. The van der Waals surface area contributed by atoms with Gasteiger partial charge in [0.05, 0.1) is 11.3 Å². The van der Waals surface area contributed by atoms with Gasteiger partial charge in [-0.05, 0) is 22.9 Å². The van der Waals surface area contributed by atoms with Gasteiger partial charge in [-0.1, -0.05) is 49.2 Å². The van der Waals surface area contributed by atoms with Crippen LogP contribution < -0.4 is 0 Å². The molecular weight excluding hydrogens is 318 g/mol. The topological polar surface area (TPSA) is 25.8 Å². The van der Waals surface area contributed by atoms with Crippen LogP contribution >= 0.6 is 35.0 Å². The fourth-order valence-electron chi connectivity index (χ4n) is 1.61. The molecule has 0 unspecified atom stereocenters. The van der Waals surface area contributed by atoms with Crippen molar-refractivity contribution in [3.8, 4) is 11.1 Å². The van der Waals surface area contributed by atoms with E-state index in [-0.39, 0.29) is 16.1 Å². The van der Waals surface area contributed by atoms with Crippen LogP contribution in [-0.4, -0.2) is 15.2 Å². The Balaban J connectivity index is 2.33. The first-order valence-electron chi connectivity index (χ1n) is 6.07. The largest absolute Gasteiger partial charge is 0.220 e. The van der Waals surface area contributed by atoms with Crippen LogP contribution in [0.3, 0.4) is 0 Å². The highest BCUT2D eigenvalue weighted by Gasteiger charge is 2.14. The predicted octanol–water partition coefficient (Wildman–Crippen LogP) is 5.23. The SMILES string of the molecule is CC(C)SCc1nc(Cl)c(-c2ccc(F)cc2)c(Cl)n1. The summed E-state index contributed by atoms with van der Waals surface area (Å²) >= 11 is 14.1. The van der Waals surface area contributed by atoms with Crippen LogP contribution in [0.5, 0.6) is 0 Å². The summed E-state index contributed by atoms with van der Waals surface area (Å²) in [6.45, 7) is 4.20. The minimum absolute atomic E-state index is 0.288. The van der Waals surface area contributed by atoms with Gasteiger partial charge in [0.1, 0.15) is 21.9 Å². The highest BCUT2D eigenvalue weighted by atomic mass is 35.5. The minimum Gasteiger partial charge on any atom is -0.220 e. The van der Waals surface area contributed by atoms with E-state index in [2.05, 4.69) is 23.8 Å². The number of hydrogen-bond acceptors (Lipinski definition) is 3. The third kappa shape index (κ3) is 3.84. The highest BCUT2D eigenvalue weighted by molar-refractivity contribution is 7.99. The molecule has 0 saturated heterocycles. The maximum Gasteiger partial charge on any atom is 0.142 e. The zero-order valence-electron chi connectivity index (χ0n) is 11.0. The van der Waals surface area contributed by atoms with Gasteiger partial charge in [-0.25, -0.2) is 14.4 Å². The van der Waals surface area contributed by atoms with Crippen molar-refractivity contribution in [1.29, 1.82) is 0 Å². The lowest BCUT2D eigenvalue weighted by molar-refractivity contribution is 0.628. The van der Waals surface area contributed by atoms with Gasteiger partial charge in [0.2, 0.25) is 0 Å². The van der Waals surface area contributed by atoms with E-state index in [1.807, 2.05) is 0 Å². The summed E-state index contributed by atoms with van der Waals surface area (Å²) in [7, 11) is 0. The number of aromatic nitrogens is 2. The first kappa shape index (κ1) is 15.5. The van der Waals surface area contributed by atoms with Gasteiger partial charge < -0.3 is 0 Å². The fourth-order valence-corrected chi connectivity index (χ4v) is 2.86. The fraction of sp³-hybridized carbons (Fsp3) is 0.286. The molecule has 106 valence electrons. The molecule has 6 heteroatoms. The number of rotatable bonds is 4. The molecule has 0 fully saturated rings. The van der Waals surface area contributed by atoms with Crippen LogP contribution in [0.2, 0.25) is 10.3 Å². The minimum atomic E-state index is -0.313. The molecule has 0 amide bonds. The Hall–Kier alpha value is -0.840. The average molecular weight is 331 g/mol. The van der Waals surface area contributed by atoms with Crippen LogP contribution in [0.4, 0.5) is 4.39 Å². The van der Waals surface area contributed by atoms with Gasteiger partial charge in [-0.15, -0.1) is 0 Å². The molecule has 1 aromatic heterocycles. The van der Waals surface area contributed by atoms with Crippen LogP contribution in [0.15, 0.2) is 24.3 Å². The number of benzene rings is 1. The van der Waals surface area contributed by atoms with Crippen molar-refractivity contribution in [3.63, 3.8) is 0 Å². The average Bonchev–Trinajstić information content (AvgIpc) is 2.38. The molecule has 0 aliphatic heterocycles. The lowest BCUT2D eigenvalue weighted by Crippen LogP contribution is -1.99. The normalized spacial score (nSPS) is 11.1. The van der Waals surface area contributed by atoms with Crippen molar-refractivity contribution in [2.24, 2.45) is 0 Å². The molecule has 0 bridgehead atoms. The Morgan fingerprint density at radius 2 is 1.65 bits per heavy atom. The van der Waals surface area contributed by atoms with Gasteiger partial charge >= 0.3 is 0 Å². The Morgan fingerprint density at radius 1 is 1.10 bits per heavy atom. The Labute approximate surface area is 131 Å². The Morgan fingerprint density at radius 3 is 2.15 bits per heavy atom. The van der Waals surface area contributed by atoms with E-state index < -0.39 is 0 Å². The summed E-state index contributed by atoms with van der Waals surface area (Å²) in [5.74, 6) is 0.942. The maximum absolute atomic E-state index is 12.9. The summed E-state index contributed by atoms with van der Waals surface area (Å²) in [5.41, 5.74) is 1.23. The van der Waals surface area contributed by atoms with Crippen LogP contribution in [-0.2, 0) is 5.75 Å². The molecule has 0 atom stereocenters. The van der Waals surface area contributed by atoms with E-state index in [1.54, 1.807) is 23.9 Å². The van der Waals surface area contributed by atoms with Crippen molar-refractivity contribution < 1.29 is 4.39 Å². The molecule has 0 saturated carbocycles. The first-order chi connectivity index (χ1) is 9.47. The summed E-state index contributed by atoms with van der Waals surface area (Å²) in [6, 6.07) is 5.91. The Kier molecular flexibility index (Phi) is 5.24. The standard InChI is InChI=1S/C14H13Cl2FN2S/c1-8(2)20-7-11-18-13(15)12(14(16)19-11)9-3-5-10(17)6-4-9/h3-6,8H,7H2,1-2H3. The van der Waals surface area contributed by atoms with Gasteiger partial charge in [0.15, 0.2) is 0 Å². The second kappa shape index (κ2) is 6.74. The number of hydrogen-bond donors (Lipinski definition) is 0. The predicted molar refractivity (Wildman–Crippen MR) is 83.9 cm³/mol. The molecule has 2 aromatic rings. The zero-order valence-corrected chi connectivity index (χ0v) is 13.4. The quantitative estimate of drug-likeness (QED) is 0.717. The van der Waals surface area contributed by atoms with Crippen LogP contribution in [0, 0.1) is 5.82 Å². The van der Waals surface area contributed by atoms with Crippen LogP contribution in [0.25, 0.3) is 11.1 Å². The van der Waals surface area contributed by atoms with E-state index in [9.17, 15) is 4.39 Å². The maximum atomic E-state index is 12.9. The van der Waals surface area contributed by atoms with Gasteiger partial charge in [-0.2, -0.15) is 11.8 Å². The van der Waals surface area contributed by atoms with Crippen molar-refractivity contribution >= 4 is 35.0 Å². The summed E-state index contributed by atoms with van der Waals surface area (Å²) in [5, 5.41) is 1.06. The first-order valence-corrected chi connectivity index (χ1v) is 7.87. The molecular formula is C14H13Cl2FN2S. The summed E-state index contributed by atoms with van der Waals surface area (Å²) in [4.78, 5) is 8.52. The van der Waals surface area contributed by atoms with Gasteiger partial charge in [-0.3, -0.25) is 0 Å².